The number of aryl methyl sites for hydroxylation is 1. The fraction of sp³-hybridized carbons (Fsp3) is 0.250. The Morgan fingerprint density at radius 3 is 2.32 bits per heavy atom. The Balaban J connectivity index is 1.59. The second-order valence-electron chi connectivity index (χ2n) is 7.44. The number of hydrogen-bond acceptors (Lipinski definition) is 4. The molecule has 0 aliphatic heterocycles. The molecule has 3 N–H and O–H groups in total. The molecule has 0 aliphatic carbocycles. The molecule has 0 unspecified atom stereocenters. The van der Waals surface area contributed by atoms with Crippen LogP contribution in [0.2, 0.25) is 0 Å². The third-order valence-corrected chi connectivity index (χ3v) is 5.68. The molecule has 7 heteroatoms. The van der Waals surface area contributed by atoms with Crippen molar-refractivity contribution in [2.75, 3.05) is 12.4 Å². The summed E-state index contributed by atoms with van der Waals surface area (Å²) in [5.41, 5.74) is 3.75. The van der Waals surface area contributed by atoms with Gasteiger partial charge in [-0.15, -0.1) is 11.3 Å². The number of carbonyl (C=O) groups excluding carboxylic acids is 2. The van der Waals surface area contributed by atoms with Crippen molar-refractivity contribution in [1.82, 2.24) is 10.6 Å². The molecule has 3 aromatic rings. The van der Waals surface area contributed by atoms with Gasteiger partial charge in [0.05, 0.1) is 12.0 Å². The van der Waals surface area contributed by atoms with Gasteiger partial charge in [0.15, 0.2) is 0 Å². The van der Waals surface area contributed by atoms with Gasteiger partial charge in [0, 0.05) is 23.2 Å². The molecule has 0 saturated heterocycles. The summed E-state index contributed by atoms with van der Waals surface area (Å²) in [4.78, 5) is 26.2. The van der Waals surface area contributed by atoms with Gasteiger partial charge in [-0.1, -0.05) is 24.3 Å². The van der Waals surface area contributed by atoms with Crippen molar-refractivity contribution in [3.05, 3.63) is 69.9 Å². The summed E-state index contributed by atoms with van der Waals surface area (Å²) in [5.74, 6) is 0.697. The quantitative estimate of drug-likeness (QED) is 0.476. The van der Waals surface area contributed by atoms with Gasteiger partial charge in [-0.2, -0.15) is 0 Å². The van der Waals surface area contributed by atoms with Gasteiger partial charge < -0.3 is 20.7 Å². The van der Waals surface area contributed by atoms with Crippen LogP contribution in [-0.4, -0.2) is 25.1 Å². The van der Waals surface area contributed by atoms with Crippen LogP contribution in [0.4, 0.5) is 10.5 Å². The van der Waals surface area contributed by atoms with E-state index >= 15 is 0 Å². The fourth-order valence-electron chi connectivity index (χ4n) is 3.06. The standard InChI is InChI=1S/C24H27N3O3S/c1-15(2)26-24(29)27-19-9-5-17(6-10-19)14-25-23(28)22-13-21(16(3)31-22)18-7-11-20(30-4)12-8-18/h5-13,15H,14H2,1-4H3,(H,25,28)(H2,26,27,29). The lowest BCUT2D eigenvalue weighted by atomic mass is 10.1. The lowest BCUT2D eigenvalue weighted by molar-refractivity contribution is 0.0955. The zero-order chi connectivity index (χ0) is 22.4. The Hall–Kier alpha value is -3.32. The van der Waals surface area contributed by atoms with E-state index in [-0.39, 0.29) is 18.0 Å². The minimum atomic E-state index is -0.239. The van der Waals surface area contributed by atoms with Gasteiger partial charge in [0.2, 0.25) is 0 Å². The van der Waals surface area contributed by atoms with Crippen LogP contribution in [0.5, 0.6) is 5.75 Å². The van der Waals surface area contributed by atoms with E-state index in [0.29, 0.717) is 17.1 Å². The molecule has 31 heavy (non-hydrogen) atoms. The molecule has 6 nitrogen and oxygen atoms in total. The first-order valence-electron chi connectivity index (χ1n) is 10.0. The van der Waals surface area contributed by atoms with Gasteiger partial charge in [-0.25, -0.2) is 4.79 Å². The molecular formula is C24H27N3O3S. The van der Waals surface area contributed by atoms with E-state index in [4.69, 9.17) is 4.74 Å². The zero-order valence-corrected chi connectivity index (χ0v) is 18.9. The Labute approximate surface area is 186 Å². The summed E-state index contributed by atoms with van der Waals surface area (Å²) in [7, 11) is 1.64. The van der Waals surface area contributed by atoms with Crippen LogP contribution < -0.4 is 20.7 Å². The van der Waals surface area contributed by atoms with Crippen molar-refractivity contribution in [2.45, 2.75) is 33.4 Å². The maximum Gasteiger partial charge on any atom is 0.319 e. The number of methoxy groups -OCH3 is 1. The van der Waals surface area contributed by atoms with Crippen molar-refractivity contribution in [2.24, 2.45) is 0 Å². The summed E-state index contributed by atoms with van der Waals surface area (Å²) in [5, 5.41) is 8.52. The SMILES string of the molecule is COc1ccc(-c2cc(C(=O)NCc3ccc(NC(=O)NC(C)C)cc3)sc2C)cc1. The van der Waals surface area contributed by atoms with Gasteiger partial charge in [-0.05, 0) is 67.8 Å². The van der Waals surface area contributed by atoms with Crippen LogP contribution in [0.3, 0.4) is 0 Å². The zero-order valence-electron chi connectivity index (χ0n) is 18.1. The smallest absolute Gasteiger partial charge is 0.319 e. The molecule has 0 fully saturated rings. The van der Waals surface area contributed by atoms with E-state index in [0.717, 1.165) is 27.3 Å². The predicted molar refractivity (Wildman–Crippen MR) is 126 cm³/mol. The number of amides is 3. The highest BCUT2D eigenvalue weighted by Gasteiger charge is 2.14. The van der Waals surface area contributed by atoms with E-state index in [1.54, 1.807) is 7.11 Å². The maximum atomic E-state index is 12.6. The summed E-state index contributed by atoms with van der Waals surface area (Å²) in [6, 6.07) is 17.0. The van der Waals surface area contributed by atoms with Crippen molar-refractivity contribution in [3.63, 3.8) is 0 Å². The minimum absolute atomic E-state index is 0.0700. The average molecular weight is 438 g/mol. The highest BCUT2D eigenvalue weighted by molar-refractivity contribution is 7.14. The number of anilines is 1. The van der Waals surface area contributed by atoms with Gasteiger partial charge in [-0.3, -0.25) is 4.79 Å². The van der Waals surface area contributed by atoms with Crippen LogP contribution >= 0.6 is 11.3 Å². The summed E-state index contributed by atoms with van der Waals surface area (Å²) in [6.07, 6.45) is 0. The average Bonchev–Trinajstić information content (AvgIpc) is 3.14. The molecule has 1 aromatic heterocycles. The van der Waals surface area contributed by atoms with Crippen molar-refractivity contribution >= 4 is 29.0 Å². The van der Waals surface area contributed by atoms with E-state index in [1.807, 2.05) is 75.4 Å². The van der Waals surface area contributed by atoms with Crippen molar-refractivity contribution < 1.29 is 14.3 Å². The van der Waals surface area contributed by atoms with Crippen molar-refractivity contribution in [3.8, 4) is 16.9 Å². The topological polar surface area (TPSA) is 79.5 Å². The number of rotatable bonds is 7. The first kappa shape index (κ1) is 22.4. The molecule has 162 valence electrons. The highest BCUT2D eigenvalue weighted by atomic mass is 32.1. The molecule has 2 aromatic carbocycles. The van der Waals surface area contributed by atoms with Crippen LogP contribution in [-0.2, 0) is 6.54 Å². The normalized spacial score (nSPS) is 10.6. The third-order valence-electron chi connectivity index (χ3n) is 4.63. The Kier molecular flexibility index (Phi) is 7.31. The molecule has 0 atom stereocenters. The molecule has 3 rings (SSSR count). The molecule has 0 saturated carbocycles. The Morgan fingerprint density at radius 1 is 1.03 bits per heavy atom. The molecular weight excluding hydrogens is 410 g/mol. The van der Waals surface area contributed by atoms with Crippen LogP contribution in [0, 0.1) is 6.92 Å². The predicted octanol–water partition coefficient (Wildman–Crippen LogP) is 5.19. The molecule has 3 amide bonds. The van der Waals surface area contributed by atoms with E-state index in [9.17, 15) is 9.59 Å². The molecule has 0 radical (unpaired) electrons. The van der Waals surface area contributed by atoms with Crippen LogP contribution in [0.15, 0.2) is 54.6 Å². The van der Waals surface area contributed by atoms with Gasteiger partial charge in [0.1, 0.15) is 5.75 Å². The number of nitrogens with one attached hydrogen (secondary N) is 3. The third kappa shape index (κ3) is 6.08. The number of benzene rings is 2. The lowest BCUT2D eigenvalue weighted by Crippen LogP contribution is -2.34. The Bertz CT molecular complexity index is 1040. The van der Waals surface area contributed by atoms with Crippen molar-refractivity contribution in [1.29, 1.82) is 0 Å². The van der Waals surface area contributed by atoms with Gasteiger partial charge in [0.25, 0.3) is 5.91 Å². The Morgan fingerprint density at radius 2 is 1.71 bits per heavy atom. The molecule has 0 bridgehead atoms. The first-order valence-corrected chi connectivity index (χ1v) is 10.9. The summed E-state index contributed by atoms with van der Waals surface area (Å²) in [6.45, 7) is 6.23. The second-order valence-corrected chi connectivity index (χ2v) is 8.70. The van der Waals surface area contributed by atoms with E-state index < -0.39 is 0 Å². The number of urea groups is 1. The molecule has 1 heterocycles. The van der Waals surface area contributed by atoms with Crippen LogP contribution in [0.1, 0.15) is 34.0 Å². The largest absolute Gasteiger partial charge is 0.497 e. The monoisotopic (exact) mass is 437 g/mol. The van der Waals surface area contributed by atoms with E-state index in [2.05, 4.69) is 16.0 Å². The molecule has 0 aliphatic rings. The number of ether oxygens (including phenoxy) is 1. The van der Waals surface area contributed by atoms with Gasteiger partial charge >= 0.3 is 6.03 Å². The summed E-state index contributed by atoms with van der Waals surface area (Å²) >= 11 is 1.48. The van der Waals surface area contributed by atoms with E-state index in [1.165, 1.54) is 11.3 Å². The van der Waals surface area contributed by atoms with Crippen LogP contribution in [0.25, 0.3) is 11.1 Å². The summed E-state index contributed by atoms with van der Waals surface area (Å²) < 4.78 is 5.21. The fourth-order valence-corrected chi connectivity index (χ4v) is 4.01. The first-order chi connectivity index (χ1) is 14.9. The second kappa shape index (κ2) is 10.1. The number of hydrogen-bond donors (Lipinski definition) is 3. The maximum absolute atomic E-state index is 12.6. The molecule has 0 spiro atoms. The highest BCUT2D eigenvalue weighted by Crippen LogP contribution is 2.32. The number of thiophene rings is 1. The minimum Gasteiger partial charge on any atom is -0.497 e. The number of carbonyl (C=O) groups is 2. The lowest BCUT2D eigenvalue weighted by Gasteiger charge is -2.10.